The first-order valence-corrected chi connectivity index (χ1v) is 9.23. The molecule has 0 amide bonds. The lowest BCUT2D eigenvalue weighted by atomic mass is 10.1. The van der Waals surface area contributed by atoms with Crippen molar-refractivity contribution in [1.82, 2.24) is 9.88 Å². The van der Waals surface area contributed by atoms with Crippen LogP contribution in [0.1, 0.15) is 24.5 Å². The Balaban J connectivity index is 0.00000243. The second kappa shape index (κ2) is 9.63. The first kappa shape index (κ1) is 21.1. The molecule has 0 bridgehead atoms. The number of aliphatic hydroxyl groups excluding tert-OH is 1. The maximum Gasteiger partial charge on any atom is 0.0584 e. The van der Waals surface area contributed by atoms with E-state index in [1.54, 1.807) is 6.07 Å². The molecule has 0 saturated heterocycles. The summed E-state index contributed by atoms with van der Waals surface area (Å²) in [6.45, 7) is 3.63. The van der Waals surface area contributed by atoms with Crippen LogP contribution in [0.4, 0.5) is 0 Å². The van der Waals surface area contributed by atoms with Crippen molar-refractivity contribution >= 4 is 46.5 Å². The monoisotopic (exact) mass is 412 g/mol. The van der Waals surface area contributed by atoms with Crippen LogP contribution in [-0.2, 0) is 13.1 Å². The van der Waals surface area contributed by atoms with Gasteiger partial charge < -0.3 is 15.0 Å². The number of hydrogen-bond acceptors (Lipinski definition) is 2. The maximum atomic E-state index is 9.38. The fourth-order valence-electron chi connectivity index (χ4n) is 3.02. The van der Waals surface area contributed by atoms with Gasteiger partial charge >= 0.3 is 0 Å². The molecule has 0 radical (unpaired) electrons. The van der Waals surface area contributed by atoms with E-state index in [0.717, 1.165) is 18.5 Å². The summed E-state index contributed by atoms with van der Waals surface area (Å²) in [5, 5.41) is 15.3. The van der Waals surface area contributed by atoms with E-state index >= 15 is 0 Å². The van der Waals surface area contributed by atoms with Crippen LogP contribution in [0.25, 0.3) is 10.9 Å². The minimum atomic E-state index is 0. The van der Waals surface area contributed by atoms with Crippen molar-refractivity contribution in [3.8, 4) is 0 Å². The van der Waals surface area contributed by atoms with Crippen molar-refractivity contribution in [2.45, 2.75) is 32.5 Å². The predicted octanol–water partition coefficient (Wildman–Crippen LogP) is 5.28. The molecule has 0 saturated carbocycles. The van der Waals surface area contributed by atoms with Crippen LogP contribution in [0.5, 0.6) is 0 Å². The topological polar surface area (TPSA) is 37.2 Å². The summed E-state index contributed by atoms with van der Waals surface area (Å²) in [7, 11) is 0. The van der Waals surface area contributed by atoms with Crippen molar-refractivity contribution in [1.29, 1.82) is 0 Å². The van der Waals surface area contributed by atoms with Gasteiger partial charge in [0.05, 0.1) is 6.61 Å². The van der Waals surface area contributed by atoms with Crippen molar-refractivity contribution < 1.29 is 5.11 Å². The fraction of sp³-hybridized carbons (Fsp3) is 0.300. The first-order chi connectivity index (χ1) is 12.1. The highest BCUT2D eigenvalue weighted by molar-refractivity contribution is 6.35. The molecule has 0 fully saturated rings. The van der Waals surface area contributed by atoms with Gasteiger partial charge in [0, 0.05) is 46.3 Å². The SMILES string of the molecule is CCC(CO)NCc1cn(Cc2ccc(Cl)cc2Cl)c2ccccc12.Cl. The molecule has 1 aromatic heterocycles. The third-order valence-electron chi connectivity index (χ3n) is 4.52. The van der Waals surface area contributed by atoms with Crippen LogP contribution in [-0.4, -0.2) is 22.3 Å². The molecule has 0 aliphatic rings. The maximum absolute atomic E-state index is 9.38. The van der Waals surface area contributed by atoms with Gasteiger partial charge in [0.1, 0.15) is 0 Å². The predicted molar refractivity (Wildman–Crippen MR) is 113 cm³/mol. The molecule has 1 atom stereocenters. The van der Waals surface area contributed by atoms with Gasteiger partial charge in [0.15, 0.2) is 0 Å². The van der Waals surface area contributed by atoms with Crippen LogP contribution in [0.2, 0.25) is 10.0 Å². The van der Waals surface area contributed by atoms with E-state index < -0.39 is 0 Å². The average Bonchev–Trinajstić information content (AvgIpc) is 2.96. The van der Waals surface area contributed by atoms with Crippen molar-refractivity contribution in [3.63, 3.8) is 0 Å². The zero-order valence-electron chi connectivity index (χ0n) is 14.6. The van der Waals surface area contributed by atoms with E-state index in [0.29, 0.717) is 16.6 Å². The van der Waals surface area contributed by atoms with Gasteiger partial charge in [-0.3, -0.25) is 0 Å². The molecule has 1 heterocycles. The normalized spacial score (nSPS) is 12.2. The lowest BCUT2D eigenvalue weighted by Gasteiger charge is -2.13. The molecule has 2 aromatic carbocycles. The minimum Gasteiger partial charge on any atom is -0.395 e. The Hall–Kier alpha value is -1.23. The largest absolute Gasteiger partial charge is 0.395 e. The summed E-state index contributed by atoms with van der Waals surface area (Å²) in [6, 6.07) is 14.1. The molecule has 1 unspecified atom stereocenters. The van der Waals surface area contributed by atoms with Gasteiger partial charge in [-0.05, 0) is 35.7 Å². The molecule has 0 aliphatic carbocycles. The summed E-state index contributed by atoms with van der Waals surface area (Å²) < 4.78 is 2.21. The van der Waals surface area contributed by atoms with Crippen LogP contribution in [0.3, 0.4) is 0 Å². The average molecular weight is 414 g/mol. The highest BCUT2D eigenvalue weighted by atomic mass is 35.5. The van der Waals surface area contributed by atoms with Crippen LogP contribution >= 0.6 is 35.6 Å². The third-order valence-corrected chi connectivity index (χ3v) is 5.11. The van der Waals surface area contributed by atoms with Gasteiger partial charge in [-0.2, -0.15) is 0 Å². The van der Waals surface area contributed by atoms with Crippen molar-refractivity contribution in [2.24, 2.45) is 0 Å². The standard InChI is InChI=1S/C20H22Cl2N2O.ClH/c1-2-17(13-25)23-10-15-12-24(20-6-4-3-5-18(15)20)11-14-7-8-16(21)9-19(14)22;/h3-9,12,17,23,25H,2,10-11,13H2,1H3;1H. The van der Waals surface area contributed by atoms with Crippen molar-refractivity contribution in [2.75, 3.05) is 6.61 Å². The molecule has 6 heteroatoms. The number of para-hydroxylation sites is 1. The Bertz CT molecular complexity index is 859. The first-order valence-electron chi connectivity index (χ1n) is 8.47. The van der Waals surface area contributed by atoms with Gasteiger partial charge in [-0.25, -0.2) is 0 Å². The van der Waals surface area contributed by atoms with Gasteiger partial charge in [0.25, 0.3) is 0 Å². The summed E-state index contributed by atoms with van der Waals surface area (Å²) in [4.78, 5) is 0. The van der Waals surface area contributed by atoms with Crippen LogP contribution in [0.15, 0.2) is 48.7 Å². The van der Waals surface area contributed by atoms with E-state index in [-0.39, 0.29) is 25.1 Å². The molecular weight excluding hydrogens is 391 g/mol. The fourth-order valence-corrected chi connectivity index (χ4v) is 3.49. The Labute approximate surface area is 170 Å². The summed E-state index contributed by atoms with van der Waals surface area (Å²) in [5.74, 6) is 0. The molecule has 3 rings (SSSR count). The molecule has 3 aromatic rings. The Morgan fingerprint density at radius 1 is 1.12 bits per heavy atom. The lowest BCUT2D eigenvalue weighted by Crippen LogP contribution is -2.31. The summed E-state index contributed by atoms with van der Waals surface area (Å²) >= 11 is 12.3. The molecule has 140 valence electrons. The number of fused-ring (bicyclic) bond motifs is 1. The lowest BCUT2D eigenvalue weighted by molar-refractivity contribution is 0.238. The Morgan fingerprint density at radius 3 is 2.58 bits per heavy atom. The minimum absolute atomic E-state index is 0. The molecule has 2 N–H and O–H groups in total. The molecule has 0 aliphatic heterocycles. The van der Waals surface area contributed by atoms with Crippen LogP contribution in [0, 0.1) is 0 Å². The highest BCUT2D eigenvalue weighted by Gasteiger charge is 2.11. The quantitative estimate of drug-likeness (QED) is 0.553. The zero-order valence-corrected chi connectivity index (χ0v) is 16.9. The molecular formula is C20H23Cl3N2O. The number of hydrogen-bond donors (Lipinski definition) is 2. The number of nitrogens with one attached hydrogen (secondary N) is 1. The molecule has 26 heavy (non-hydrogen) atoms. The Kier molecular flexibility index (Phi) is 7.81. The number of benzene rings is 2. The number of halogens is 3. The van der Waals surface area contributed by atoms with E-state index in [1.165, 1.54) is 16.5 Å². The zero-order chi connectivity index (χ0) is 17.8. The van der Waals surface area contributed by atoms with E-state index in [2.05, 4.69) is 41.2 Å². The Morgan fingerprint density at radius 2 is 1.88 bits per heavy atom. The number of aromatic nitrogens is 1. The second-order valence-electron chi connectivity index (χ2n) is 6.20. The second-order valence-corrected chi connectivity index (χ2v) is 7.05. The van der Waals surface area contributed by atoms with Crippen molar-refractivity contribution in [3.05, 3.63) is 69.8 Å². The number of nitrogens with zero attached hydrogens (tertiary/aromatic N) is 1. The highest BCUT2D eigenvalue weighted by Crippen LogP contribution is 2.26. The summed E-state index contributed by atoms with van der Waals surface area (Å²) in [6.07, 6.45) is 3.06. The van der Waals surface area contributed by atoms with Gasteiger partial charge in [-0.15, -0.1) is 12.4 Å². The van der Waals surface area contributed by atoms with E-state index in [1.807, 2.05) is 18.2 Å². The van der Waals surface area contributed by atoms with Gasteiger partial charge in [-0.1, -0.05) is 54.4 Å². The smallest absolute Gasteiger partial charge is 0.0584 e. The third kappa shape index (κ3) is 4.73. The molecule has 0 spiro atoms. The van der Waals surface area contributed by atoms with E-state index in [9.17, 15) is 5.11 Å². The van der Waals surface area contributed by atoms with E-state index in [4.69, 9.17) is 23.2 Å². The molecule has 3 nitrogen and oxygen atoms in total. The summed E-state index contributed by atoms with van der Waals surface area (Å²) in [5.41, 5.74) is 3.42. The number of rotatable bonds is 7. The van der Waals surface area contributed by atoms with Gasteiger partial charge in [0.2, 0.25) is 0 Å². The number of aliphatic hydroxyl groups is 1. The van der Waals surface area contributed by atoms with Crippen LogP contribution < -0.4 is 5.32 Å².